The molecular weight excluding hydrogens is 248 g/mol. The van der Waals surface area contributed by atoms with Crippen molar-refractivity contribution in [2.45, 2.75) is 13.5 Å². The summed E-state index contributed by atoms with van der Waals surface area (Å²) in [6, 6.07) is 13.0. The van der Waals surface area contributed by atoms with E-state index in [9.17, 15) is 4.79 Å². The van der Waals surface area contributed by atoms with Crippen LogP contribution >= 0.6 is 11.6 Å². The van der Waals surface area contributed by atoms with Crippen molar-refractivity contribution in [2.75, 3.05) is 0 Å². The second-order valence-corrected chi connectivity index (χ2v) is 4.47. The van der Waals surface area contributed by atoms with E-state index in [4.69, 9.17) is 16.3 Å². The molecule has 0 aliphatic carbocycles. The Labute approximate surface area is 111 Å². The van der Waals surface area contributed by atoms with Crippen molar-refractivity contribution in [3.05, 3.63) is 64.2 Å². The molecular formula is C15H13ClO2. The number of halogens is 1. The van der Waals surface area contributed by atoms with Gasteiger partial charge < -0.3 is 4.74 Å². The Morgan fingerprint density at radius 3 is 2.72 bits per heavy atom. The molecule has 2 rings (SSSR count). The van der Waals surface area contributed by atoms with E-state index in [0.29, 0.717) is 22.9 Å². The highest BCUT2D eigenvalue weighted by Crippen LogP contribution is 2.23. The fraction of sp³-hybridized carbons (Fsp3) is 0.133. The first-order valence-electron chi connectivity index (χ1n) is 5.63. The van der Waals surface area contributed by atoms with Gasteiger partial charge in [-0.05, 0) is 36.2 Å². The summed E-state index contributed by atoms with van der Waals surface area (Å²) >= 11 is 5.90. The molecule has 18 heavy (non-hydrogen) atoms. The maximum atomic E-state index is 10.9. The normalized spacial score (nSPS) is 10.1. The van der Waals surface area contributed by atoms with Gasteiger partial charge in [-0.25, -0.2) is 0 Å². The third-order valence-electron chi connectivity index (χ3n) is 2.64. The SMILES string of the molecule is Cc1cccc(C=O)c1OCc1cccc(Cl)c1. The predicted octanol–water partition coefficient (Wildman–Crippen LogP) is 4.04. The minimum absolute atomic E-state index is 0.395. The maximum Gasteiger partial charge on any atom is 0.153 e. The van der Waals surface area contributed by atoms with Crippen LogP contribution in [0.2, 0.25) is 5.02 Å². The number of para-hydroxylation sites is 1. The molecule has 2 nitrogen and oxygen atoms in total. The topological polar surface area (TPSA) is 26.3 Å². The second-order valence-electron chi connectivity index (χ2n) is 4.03. The monoisotopic (exact) mass is 260 g/mol. The molecule has 0 aromatic heterocycles. The molecule has 0 unspecified atom stereocenters. The van der Waals surface area contributed by atoms with Gasteiger partial charge >= 0.3 is 0 Å². The molecule has 2 aromatic carbocycles. The van der Waals surface area contributed by atoms with Crippen molar-refractivity contribution >= 4 is 17.9 Å². The molecule has 0 N–H and O–H groups in total. The van der Waals surface area contributed by atoms with Crippen LogP contribution in [-0.2, 0) is 6.61 Å². The van der Waals surface area contributed by atoms with Crippen molar-refractivity contribution in [1.29, 1.82) is 0 Å². The number of ether oxygens (including phenoxy) is 1. The molecule has 0 spiro atoms. The Hall–Kier alpha value is -1.80. The largest absolute Gasteiger partial charge is 0.488 e. The molecule has 0 amide bonds. The van der Waals surface area contributed by atoms with Gasteiger partial charge in [0.2, 0.25) is 0 Å². The first kappa shape index (κ1) is 12.7. The summed E-state index contributed by atoms with van der Waals surface area (Å²) in [7, 11) is 0. The smallest absolute Gasteiger partial charge is 0.153 e. The Kier molecular flexibility index (Phi) is 4.00. The van der Waals surface area contributed by atoms with E-state index in [0.717, 1.165) is 17.4 Å². The highest BCUT2D eigenvalue weighted by molar-refractivity contribution is 6.30. The highest BCUT2D eigenvalue weighted by atomic mass is 35.5. The highest BCUT2D eigenvalue weighted by Gasteiger charge is 2.06. The predicted molar refractivity (Wildman–Crippen MR) is 72.4 cm³/mol. The van der Waals surface area contributed by atoms with Crippen molar-refractivity contribution in [3.8, 4) is 5.75 Å². The third-order valence-corrected chi connectivity index (χ3v) is 2.88. The molecule has 0 radical (unpaired) electrons. The van der Waals surface area contributed by atoms with E-state index in [1.165, 1.54) is 0 Å². The lowest BCUT2D eigenvalue weighted by atomic mass is 10.1. The van der Waals surface area contributed by atoms with Gasteiger partial charge in [-0.2, -0.15) is 0 Å². The van der Waals surface area contributed by atoms with Crippen LogP contribution in [0, 0.1) is 6.92 Å². The van der Waals surface area contributed by atoms with Crippen LogP contribution < -0.4 is 4.74 Å². The number of hydrogen-bond donors (Lipinski definition) is 0. The number of hydrogen-bond acceptors (Lipinski definition) is 2. The van der Waals surface area contributed by atoms with Gasteiger partial charge in [-0.1, -0.05) is 35.9 Å². The minimum atomic E-state index is 0.395. The molecule has 92 valence electrons. The molecule has 0 aliphatic heterocycles. The Morgan fingerprint density at radius 1 is 1.22 bits per heavy atom. The maximum absolute atomic E-state index is 10.9. The quantitative estimate of drug-likeness (QED) is 0.776. The van der Waals surface area contributed by atoms with Crippen molar-refractivity contribution in [2.24, 2.45) is 0 Å². The lowest BCUT2D eigenvalue weighted by Crippen LogP contribution is -2.00. The Morgan fingerprint density at radius 2 is 2.00 bits per heavy atom. The number of benzene rings is 2. The standard InChI is InChI=1S/C15H13ClO2/c1-11-4-2-6-13(9-17)15(11)18-10-12-5-3-7-14(16)8-12/h2-9H,10H2,1H3. The van der Waals surface area contributed by atoms with Crippen LogP contribution in [0.5, 0.6) is 5.75 Å². The van der Waals surface area contributed by atoms with Crippen LogP contribution in [0.15, 0.2) is 42.5 Å². The van der Waals surface area contributed by atoms with Gasteiger partial charge in [0, 0.05) is 5.02 Å². The molecule has 0 heterocycles. The van der Waals surface area contributed by atoms with Crippen LogP contribution in [0.3, 0.4) is 0 Å². The zero-order valence-corrected chi connectivity index (χ0v) is 10.8. The van der Waals surface area contributed by atoms with Gasteiger partial charge in [0.1, 0.15) is 12.4 Å². The molecule has 0 aliphatic rings. The summed E-state index contributed by atoms with van der Waals surface area (Å²) in [5, 5.41) is 0.677. The summed E-state index contributed by atoms with van der Waals surface area (Å²) < 4.78 is 5.71. The summed E-state index contributed by atoms with van der Waals surface area (Å²) in [5.74, 6) is 0.632. The summed E-state index contributed by atoms with van der Waals surface area (Å²) in [5.41, 5.74) is 2.49. The summed E-state index contributed by atoms with van der Waals surface area (Å²) in [4.78, 5) is 10.9. The lowest BCUT2D eigenvalue weighted by Gasteiger charge is -2.11. The average Bonchev–Trinajstić information content (AvgIpc) is 2.37. The number of aldehydes is 1. The number of carbonyl (C=O) groups excluding carboxylic acids is 1. The van der Waals surface area contributed by atoms with E-state index >= 15 is 0 Å². The number of carbonyl (C=O) groups is 1. The first-order chi connectivity index (χ1) is 8.70. The first-order valence-corrected chi connectivity index (χ1v) is 6.00. The van der Waals surface area contributed by atoms with Crippen LogP contribution in [0.4, 0.5) is 0 Å². The van der Waals surface area contributed by atoms with E-state index in [1.807, 2.05) is 43.3 Å². The second kappa shape index (κ2) is 5.69. The number of rotatable bonds is 4. The van der Waals surface area contributed by atoms with Crippen LogP contribution in [-0.4, -0.2) is 6.29 Å². The summed E-state index contributed by atoms with van der Waals surface area (Å²) in [6.45, 7) is 2.31. The van der Waals surface area contributed by atoms with Crippen molar-refractivity contribution in [1.82, 2.24) is 0 Å². The van der Waals surface area contributed by atoms with Crippen LogP contribution in [0.25, 0.3) is 0 Å². The van der Waals surface area contributed by atoms with Gasteiger partial charge in [0.05, 0.1) is 5.56 Å². The summed E-state index contributed by atoms with van der Waals surface area (Å²) in [6.07, 6.45) is 0.806. The third kappa shape index (κ3) is 2.90. The van der Waals surface area contributed by atoms with Crippen molar-refractivity contribution < 1.29 is 9.53 Å². The zero-order valence-electron chi connectivity index (χ0n) is 10.0. The van der Waals surface area contributed by atoms with E-state index < -0.39 is 0 Å². The van der Waals surface area contributed by atoms with E-state index in [-0.39, 0.29) is 0 Å². The average molecular weight is 261 g/mol. The molecule has 2 aromatic rings. The molecule has 0 bridgehead atoms. The van der Waals surface area contributed by atoms with Crippen molar-refractivity contribution in [3.63, 3.8) is 0 Å². The molecule has 0 fully saturated rings. The Bertz CT molecular complexity index is 564. The zero-order chi connectivity index (χ0) is 13.0. The van der Waals surface area contributed by atoms with E-state index in [1.54, 1.807) is 6.07 Å². The molecule has 3 heteroatoms. The van der Waals surface area contributed by atoms with Crippen LogP contribution in [0.1, 0.15) is 21.5 Å². The number of aryl methyl sites for hydroxylation is 1. The fourth-order valence-corrected chi connectivity index (χ4v) is 1.96. The fourth-order valence-electron chi connectivity index (χ4n) is 1.75. The molecule has 0 saturated carbocycles. The van der Waals surface area contributed by atoms with E-state index in [2.05, 4.69) is 0 Å². The lowest BCUT2D eigenvalue weighted by molar-refractivity contribution is 0.111. The Balaban J connectivity index is 2.18. The molecule has 0 atom stereocenters. The van der Waals surface area contributed by atoms with Gasteiger partial charge in [0.25, 0.3) is 0 Å². The minimum Gasteiger partial charge on any atom is -0.488 e. The molecule has 0 saturated heterocycles. The van der Waals surface area contributed by atoms with Gasteiger partial charge in [0.15, 0.2) is 6.29 Å². The van der Waals surface area contributed by atoms with Gasteiger partial charge in [-0.3, -0.25) is 4.79 Å². The van der Waals surface area contributed by atoms with Gasteiger partial charge in [-0.15, -0.1) is 0 Å².